The molecule has 1 aromatic carbocycles. The fraction of sp³-hybridized carbons (Fsp3) is 0.600. The van der Waals surface area contributed by atoms with E-state index >= 15 is 0 Å². The van der Waals surface area contributed by atoms with Crippen LogP contribution in [-0.4, -0.2) is 19.2 Å². The van der Waals surface area contributed by atoms with Crippen molar-refractivity contribution in [2.45, 2.75) is 46.1 Å². The van der Waals surface area contributed by atoms with Gasteiger partial charge in [0.1, 0.15) is 11.6 Å². The zero-order valence-electron chi connectivity index (χ0n) is 11.6. The zero-order valence-corrected chi connectivity index (χ0v) is 11.6. The molecule has 0 heterocycles. The van der Waals surface area contributed by atoms with E-state index in [-0.39, 0.29) is 5.82 Å². The topological polar surface area (TPSA) is 21.3 Å². The van der Waals surface area contributed by atoms with Crippen LogP contribution in [0.3, 0.4) is 0 Å². The number of benzene rings is 1. The Morgan fingerprint density at radius 1 is 1.39 bits per heavy atom. The predicted octanol–water partition coefficient (Wildman–Crippen LogP) is 3.68. The van der Waals surface area contributed by atoms with Crippen LogP contribution >= 0.6 is 0 Å². The molecule has 0 bridgehead atoms. The van der Waals surface area contributed by atoms with E-state index in [0.29, 0.717) is 18.2 Å². The average Bonchev–Trinajstić information content (AvgIpc) is 2.36. The lowest BCUT2D eigenvalue weighted by atomic mass is 10.2. The standard InChI is InChI=1S/C15H24FNO/c1-4-9-17-13(3)6-5-10-18-14-7-8-15(16)12(2)11-14/h7-8,11,13,17H,4-6,9-10H2,1-3H3. The Bertz CT molecular complexity index is 354. The maximum Gasteiger partial charge on any atom is 0.126 e. The number of aryl methyl sites for hydroxylation is 1. The van der Waals surface area contributed by atoms with Gasteiger partial charge in [0, 0.05) is 6.04 Å². The van der Waals surface area contributed by atoms with Gasteiger partial charge in [0.15, 0.2) is 0 Å². The second-order valence-corrected chi connectivity index (χ2v) is 4.76. The van der Waals surface area contributed by atoms with Crippen LogP contribution in [0.2, 0.25) is 0 Å². The molecule has 0 saturated heterocycles. The first kappa shape index (κ1) is 15.0. The van der Waals surface area contributed by atoms with Crippen LogP contribution in [0.1, 0.15) is 38.7 Å². The van der Waals surface area contributed by atoms with Gasteiger partial charge in [0.05, 0.1) is 6.61 Å². The van der Waals surface area contributed by atoms with E-state index in [1.54, 1.807) is 19.1 Å². The number of hydrogen-bond acceptors (Lipinski definition) is 2. The number of hydrogen-bond donors (Lipinski definition) is 1. The SMILES string of the molecule is CCCNC(C)CCCOc1ccc(F)c(C)c1. The first-order valence-electron chi connectivity index (χ1n) is 6.75. The van der Waals surface area contributed by atoms with Crippen molar-refractivity contribution in [3.05, 3.63) is 29.6 Å². The van der Waals surface area contributed by atoms with Crippen LogP contribution in [-0.2, 0) is 0 Å². The third-order valence-corrected chi connectivity index (χ3v) is 2.92. The quantitative estimate of drug-likeness (QED) is 0.714. The molecule has 0 aliphatic carbocycles. The van der Waals surface area contributed by atoms with Crippen LogP contribution in [0, 0.1) is 12.7 Å². The van der Waals surface area contributed by atoms with E-state index in [9.17, 15) is 4.39 Å². The molecule has 0 radical (unpaired) electrons. The van der Waals surface area contributed by atoms with Crippen molar-refractivity contribution in [1.82, 2.24) is 5.32 Å². The second-order valence-electron chi connectivity index (χ2n) is 4.76. The van der Waals surface area contributed by atoms with Crippen molar-refractivity contribution >= 4 is 0 Å². The van der Waals surface area contributed by atoms with Crippen molar-refractivity contribution < 1.29 is 9.13 Å². The van der Waals surface area contributed by atoms with Crippen LogP contribution in [0.25, 0.3) is 0 Å². The summed E-state index contributed by atoms with van der Waals surface area (Å²) in [7, 11) is 0. The molecule has 102 valence electrons. The van der Waals surface area contributed by atoms with Crippen LogP contribution < -0.4 is 10.1 Å². The van der Waals surface area contributed by atoms with E-state index in [4.69, 9.17) is 4.74 Å². The lowest BCUT2D eigenvalue weighted by Crippen LogP contribution is -2.26. The maximum absolute atomic E-state index is 13.0. The smallest absolute Gasteiger partial charge is 0.126 e. The minimum atomic E-state index is -0.181. The van der Waals surface area contributed by atoms with Gasteiger partial charge in [-0.1, -0.05) is 6.92 Å². The van der Waals surface area contributed by atoms with Crippen molar-refractivity contribution in [1.29, 1.82) is 0 Å². The van der Waals surface area contributed by atoms with Crippen molar-refractivity contribution in [3.63, 3.8) is 0 Å². The molecule has 0 aromatic heterocycles. The summed E-state index contributed by atoms with van der Waals surface area (Å²) in [6.45, 7) is 7.86. The average molecular weight is 253 g/mol. The highest BCUT2D eigenvalue weighted by Crippen LogP contribution is 2.16. The molecule has 18 heavy (non-hydrogen) atoms. The highest BCUT2D eigenvalue weighted by atomic mass is 19.1. The molecular weight excluding hydrogens is 229 g/mol. The predicted molar refractivity (Wildman–Crippen MR) is 73.6 cm³/mol. The normalized spacial score (nSPS) is 12.4. The third-order valence-electron chi connectivity index (χ3n) is 2.92. The van der Waals surface area contributed by atoms with Gasteiger partial charge < -0.3 is 10.1 Å². The van der Waals surface area contributed by atoms with Crippen molar-refractivity contribution in [2.75, 3.05) is 13.2 Å². The molecule has 0 saturated carbocycles. The zero-order chi connectivity index (χ0) is 13.4. The summed E-state index contributed by atoms with van der Waals surface area (Å²) in [5, 5.41) is 3.44. The molecule has 1 unspecified atom stereocenters. The van der Waals surface area contributed by atoms with Gasteiger partial charge in [-0.2, -0.15) is 0 Å². The number of rotatable bonds is 8. The fourth-order valence-corrected chi connectivity index (χ4v) is 1.78. The second kappa shape index (κ2) is 8.09. The molecule has 1 N–H and O–H groups in total. The van der Waals surface area contributed by atoms with E-state index in [1.165, 1.54) is 6.07 Å². The first-order chi connectivity index (χ1) is 8.63. The summed E-state index contributed by atoms with van der Waals surface area (Å²) in [5.41, 5.74) is 0.630. The Kier molecular flexibility index (Phi) is 6.73. The van der Waals surface area contributed by atoms with Crippen LogP contribution in [0.4, 0.5) is 4.39 Å². The van der Waals surface area contributed by atoms with Gasteiger partial charge in [0.25, 0.3) is 0 Å². The Morgan fingerprint density at radius 2 is 2.17 bits per heavy atom. The molecule has 1 atom stereocenters. The minimum absolute atomic E-state index is 0.181. The first-order valence-corrected chi connectivity index (χ1v) is 6.75. The molecular formula is C15H24FNO. The van der Waals surface area contributed by atoms with E-state index in [0.717, 1.165) is 31.6 Å². The van der Waals surface area contributed by atoms with Crippen LogP contribution in [0.15, 0.2) is 18.2 Å². The molecule has 0 amide bonds. The minimum Gasteiger partial charge on any atom is -0.494 e. The van der Waals surface area contributed by atoms with Gasteiger partial charge in [-0.3, -0.25) is 0 Å². The molecule has 1 aromatic rings. The van der Waals surface area contributed by atoms with Gasteiger partial charge >= 0.3 is 0 Å². The summed E-state index contributed by atoms with van der Waals surface area (Å²) in [6.07, 6.45) is 3.27. The van der Waals surface area contributed by atoms with Gasteiger partial charge in [-0.25, -0.2) is 4.39 Å². The third kappa shape index (κ3) is 5.50. The maximum atomic E-state index is 13.0. The molecule has 0 aliphatic rings. The van der Waals surface area contributed by atoms with E-state index < -0.39 is 0 Å². The monoisotopic (exact) mass is 253 g/mol. The molecule has 0 fully saturated rings. The van der Waals surface area contributed by atoms with Crippen LogP contribution in [0.5, 0.6) is 5.75 Å². The molecule has 0 aliphatic heterocycles. The Hall–Kier alpha value is -1.09. The molecule has 0 spiro atoms. The Balaban J connectivity index is 2.19. The molecule has 1 rings (SSSR count). The van der Waals surface area contributed by atoms with E-state index in [2.05, 4.69) is 19.2 Å². The summed E-state index contributed by atoms with van der Waals surface area (Å²) in [6, 6.07) is 5.41. The highest BCUT2D eigenvalue weighted by molar-refractivity contribution is 5.28. The van der Waals surface area contributed by atoms with Gasteiger partial charge in [-0.15, -0.1) is 0 Å². The lowest BCUT2D eigenvalue weighted by Gasteiger charge is -2.13. The lowest BCUT2D eigenvalue weighted by molar-refractivity contribution is 0.297. The Morgan fingerprint density at radius 3 is 2.83 bits per heavy atom. The number of nitrogens with one attached hydrogen (secondary N) is 1. The summed E-state index contributed by atoms with van der Waals surface area (Å²) >= 11 is 0. The number of halogens is 1. The van der Waals surface area contributed by atoms with Crippen molar-refractivity contribution in [3.8, 4) is 5.75 Å². The fourth-order valence-electron chi connectivity index (χ4n) is 1.78. The Labute approximate surface area is 110 Å². The largest absolute Gasteiger partial charge is 0.494 e. The number of ether oxygens (including phenoxy) is 1. The summed E-state index contributed by atoms with van der Waals surface area (Å²) < 4.78 is 18.6. The molecule has 3 heteroatoms. The highest BCUT2D eigenvalue weighted by Gasteiger charge is 2.02. The summed E-state index contributed by atoms with van der Waals surface area (Å²) in [5.74, 6) is 0.572. The van der Waals surface area contributed by atoms with E-state index in [1.807, 2.05) is 0 Å². The van der Waals surface area contributed by atoms with Crippen molar-refractivity contribution in [2.24, 2.45) is 0 Å². The summed E-state index contributed by atoms with van der Waals surface area (Å²) in [4.78, 5) is 0. The molecule has 2 nitrogen and oxygen atoms in total. The van der Waals surface area contributed by atoms with Gasteiger partial charge in [0.2, 0.25) is 0 Å². The van der Waals surface area contributed by atoms with Gasteiger partial charge in [-0.05, 0) is 63.4 Å².